The Kier molecular flexibility index (Phi) is 4.50. The molecule has 0 saturated carbocycles. The molecule has 0 fully saturated rings. The van der Waals surface area contributed by atoms with Crippen LogP contribution < -0.4 is 14.4 Å². The van der Waals surface area contributed by atoms with Crippen molar-refractivity contribution >= 4 is 17.6 Å². The maximum atomic E-state index is 13.3. The number of cyclic esters (lactones) is 1. The van der Waals surface area contributed by atoms with E-state index < -0.39 is 17.7 Å². The van der Waals surface area contributed by atoms with E-state index in [1.165, 1.54) is 36.3 Å². The van der Waals surface area contributed by atoms with Gasteiger partial charge >= 0.3 is 5.97 Å². The Labute approximate surface area is 161 Å². The summed E-state index contributed by atoms with van der Waals surface area (Å²) < 4.78 is 29.3. The monoisotopic (exact) mass is 383 g/mol. The van der Waals surface area contributed by atoms with Crippen molar-refractivity contribution in [2.24, 2.45) is 0 Å². The van der Waals surface area contributed by atoms with Crippen LogP contribution in [0.5, 0.6) is 11.5 Å². The van der Waals surface area contributed by atoms with Crippen LogP contribution in [-0.4, -0.2) is 32.7 Å². The third kappa shape index (κ3) is 2.89. The number of amides is 1. The molecule has 2 aromatic carbocycles. The minimum absolute atomic E-state index is 0.0138. The van der Waals surface area contributed by atoms with Crippen molar-refractivity contribution in [2.75, 3.05) is 25.7 Å². The van der Waals surface area contributed by atoms with E-state index in [0.29, 0.717) is 34.0 Å². The lowest BCUT2D eigenvalue weighted by atomic mass is 9.83. The number of esters is 1. The highest BCUT2D eigenvalue weighted by atomic mass is 19.1. The summed E-state index contributed by atoms with van der Waals surface area (Å²) in [6, 6.07) is 10.8. The summed E-state index contributed by atoms with van der Waals surface area (Å²) in [6.45, 7) is -0.0138. The maximum Gasteiger partial charge on any atom is 0.336 e. The van der Waals surface area contributed by atoms with Gasteiger partial charge in [0.25, 0.3) is 0 Å². The lowest BCUT2D eigenvalue weighted by molar-refractivity contribution is -0.136. The number of carbonyl (C=O) groups is 2. The lowest BCUT2D eigenvalue weighted by Gasteiger charge is -2.32. The molecule has 2 aromatic rings. The number of anilines is 1. The lowest BCUT2D eigenvalue weighted by Crippen LogP contribution is -2.37. The molecule has 0 saturated heterocycles. The first kappa shape index (κ1) is 18.0. The molecule has 1 atom stereocenters. The molecular formula is C21H18FNO5. The van der Waals surface area contributed by atoms with Gasteiger partial charge in [-0.1, -0.05) is 0 Å². The average Bonchev–Trinajstić information content (AvgIpc) is 3.09. The maximum absolute atomic E-state index is 13.3. The van der Waals surface area contributed by atoms with Gasteiger partial charge in [0.15, 0.2) is 0 Å². The Morgan fingerprint density at radius 1 is 1.07 bits per heavy atom. The molecule has 0 unspecified atom stereocenters. The predicted octanol–water partition coefficient (Wildman–Crippen LogP) is 3.17. The Morgan fingerprint density at radius 3 is 2.50 bits per heavy atom. The van der Waals surface area contributed by atoms with Gasteiger partial charge in [-0.05, 0) is 42.5 Å². The zero-order chi connectivity index (χ0) is 19.8. The third-order valence-electron chi connectivity index (χ3n) is 5.01. The zero-order valence-electron chi connectivity index (χ0n) is 15.4. The fourth-order valence-electron chi connectivity index (χ4n) is 3.72. The van der Waals surface area contributed by atoms with Gasteiger partial charge in [0.05, 0.1) is 25.5 Å². The molecule has 7 heteroatoms. The summed E-state index contributed by atoms with van der Waals surface area (Å²) in [6.07, 6.45) is 0.0504. The summed E-state index contributed by atoms with van der Waals surface area (Å²) >= 11 is 0. The van der Waals surface area contributed by atoms with Gasteiger partial charge in [-0.2, -0.15) is 0 Å². The second-order valence-corrected chi connectivity index (χ2v) is 6.51. The van der Waals surface area contributed by atoms with Crippen LogP contribution >= 0.6 is 0 Å². The quantitative estimate of drug-likeness (QED) is 0.759. The number of methoxy groups -OCH3 is 2. The van der Waals surface area contributed by atoms with E-state index in [1.54, 1.807) is 25.3 Å². The average molecular weight is 383 g/mol. The minimum Gasteiger partial charge on any atom is -0.497 e. The largest absolute Gasteiger partial charge is 0.497 e. The first-order valence-electron chi connectivity index (χ1n) is 8.74. The fourth-order valence-corrected chi connectivity index (χ4v) is 3.72. The molecule has 0 aromatic heterocycles. The van der Waals surface area contributed by atoms with E-state index in [0.717, 1.165) is 0 Å². The third-order valence-corrected chi connectivity index (χ3v) is 5.01. The second kappa shape index (κ2) is 6.99. The summed E-state index contributed by atoms with van der Waals surface area (Å²) in [4.78, 5) is 27.0. The molecule has 0 spiro atoms. The molecule has 1 amide bonds. The van der Waals surface area contributed by atoms with Crippen molar-refractivity contribution in [3.63, 3.8) is 0 Å². The second-order valence-electron chi connectivity index (χ2n) is 6.51. The SMILES string of the molecule is COc1ccc(OC)c([C@H]2CC(=O)N(c3ccc(F)cc3)C3=C2C(=O)OC3)c1. The Hall–Kier alpha value is -3.35. The highest BCUT2D eigenvalue weighted by Crippen LogP contribution is 2.45. The number of hydrogen-bond donors (Lipinski definition) is 0. The number of rotatable bonds is 4. The van der Waals surface area contributed by atoms with Gasteiger partial charge in [0.2, 0.25) is 5.91 Å². The summed E-state index contributed by atoms with van der Waals surface area (Å²) in [5.74, 6) is -0.444. The molecule has 28 heavy (non-hydrogen) atoms. The van der Waals surface area contributed by atoms with Crippen LogP contribution in [0.4, 0.5) is 10.1 Å². The summed E-state index contributed by atoms with van der Waals surface area (Å²) in [5, 5.41) is 0. The number of carbonyl (C=O) groups excluding carboxylic acids is 2. The molecule has 2 heterocycles. The topological polar surface area (TPSA) is 65.1 Å². The number of halogens is 1. The van der Waals surface area contributed by atoms with E-state index >= 15 is 0 Å². The van der Waals surface area contributed by atoms with Gasteiger partial charge in [0, 0.05) is 23.6 Å². The number of ether oxygens (including phenoxy) is 3. The van der Waals surface area contributed by atoms with E-state index in [4.69, 9.17) is 14.2 Å². The van der Waals surface area contributed by atoms with Gasteiger partial charge in [0.1, 0.15) is 23.9 Å². The van der Waals surface area contributed by atoms with Crippen molar-refractivity contribution < 1.29 is 28.2 Å². The van der Waals surface area contributed by atoms with Crippen LogP contribution in [0.15, 0.2) is 53.7 Å². The van der Waals surface area contributed by atoms with Crippen molar-refractivity contribution in [1.29, 1.82) is 0 Å². The standard InChI is InChI=1S/C21H18FNO5/c1-26-14-7-8-18(27-2)15(9-14)16-10-19(24)23(13-5-3-12(22)4-6-13)17-11-28-21(25)20(16)17/h3-9,16H,10-11H2,1-2H3/t16-/m1/s1. The van der Waals surface area contributed by atoms with Crippen LogP contribution in [-0.2, 0) is 14.3 Å². The molecule has 2 aliphatic rings. The molecule has 4 rings (SSSR count). The summed E-state index contributed by atoms with van der Waals surface area (Å²) in [5.41, 5.74) is 2.06. The molecule has 0 N–H and O–H groups in total. The molecule has 0 aliphatic carbocycles. The van der Waals surface area contributed by atoms with Gasteiger partial charge in [-0.25, -0.2) is 9.18 Å². The Morgan fingerprint density at radius 2 is 1.82 bits per heavy atom. The number of nitrogens with zero attached hydrogens (tertiary/aromatic N) is 1. The van der Waals surface area contributed by atoms with Crippen molar-refractivity contribution in [3.8, 4) is 11.5 Å². The Balaban J connectivity index is 1.85. The number of benzene rings is 2. The summed E-state index contributed by atoms with van der Waals surface area (Å²) in [7, 11) is 3.07. The van der Waals surface area contributed by atoms with Crippen LogP contribution in [0.3, 0.4) is 0 Å². The molecular weight excluding hydrogens is 365 g/mol. The molecule has 0 bridgehead atoms. The Bertz CT molecular complexity index is 983. The highest BCUT2D eigenvalue weighted by molar-refractivity contribution is 6.06. The molecule has 0 radical (unpaired) electrons. The predicted molar refractivity (Wildman–Crippen MR) is 98.8 cm³/mol. The van der Waals surface area contributed by atoms with E-state index in [2.05, 4.69) is 0 Å². The van der Waals surface area contributed by atoms with Gasteiger partial charge in [-0.3, -0.25) is 9.69 Å². The minimum atomic E-state index is -0.515. The molecule has 2 aliphatic heterocycles. The van der Waals surface area contributed by atoms with Crippen LogP contribution in [0.25, 0.3) is 0 Å². The van der Waals surface area contributed by atoms with Gasteiger partial charge in [-0.15, -0.1) is 0 Å². The van der Waals surface area contributed by atoms with Crippen LogP contribution in [0, 0.1) is 5.82 Å². The first-order valence-corrected chi connectivity index (χ1v) is 8.74. The van der Waals surface area contributed by atoms with E-state index in [9.17, 15) is 14.0 Å². The van der Waals surface area contributed by atoms with Crippen molar-refractivity contribution in [2.45, 2.75) is 12.3 Å². The molecule has 144 valence electrons. The zero-order valence-corrected chi connectivity index (χ0v) is 15.4. The smallest absolute Gasteiger partial charge is 0.336 e. The first-order chi connectivity index (χ1) is 13.5. The normalized spacial score (nSPS) is 18.8. The van der Waals surface area contributed by atoms with E-state index in [-0.39, 0.29) is 18.9 Å². The highest BCUT2D eigenvalue weighted by Gasteiger charge is 2.43. The van der Waals surface area contributed by atoms with Gasteiger partial charge < -0.3 is 14.2 Å². The molecule has 6 nitrogen and oxygen atoms in total. The van der Waals surface area contributed by atoms with E-state index in [1.807, 2.05) is 0 Å². The van der Waals surface area contributed by atoms with Crippen LogP contribution in [0.1, 0.15) is 17.9 Å². The van der Waals surface area contributed by atoms with Crippen molar-refractivity contribution in [1.82, 2.24) is 0 Å². The number of hydrogen-bond acceptors (Lipinski definition) is 5. The fraction of sp³-hybridized carbons (Fsp3) is 0.238. The van der Waals surface area contributed by atoms with Crippen molar-refractivity contribution in [3.05, 3.63) is 65.1 Å². The van der Waals surface area contributed by atoms with Crippen LogP contribution in [0.2, 0.25) is 0 Å².